The summed E-state index contributed by atoms with van der Waals surface area (Å²) in [7, 11) is 0. The van der Waals surface area contributed by atoms with Gasteiger partial charge in [-0.25, -0.2) is 0 Å². The van der Waals surface area contributed by atoms with E-state index >= 15 is 0 Å². The first-order valence-corrected chi connectivity index (χ1v) is 8.82. The van der Waals surface area contributed by atoms with Crippen LogP contribution in [0.2, 0.25) is 0 Å². The van der Waals surface area contributed by atoms with Crippen molar-refractivity contribution in [3.63, 3.8) is 0 Å². The zero-order valence-electron chi connectivity index (χ0n) is 16.7. The number of nitrogens with zero attached hydrogens (tertiary/aromatic N) is 1. The van der Waals surface area contributed by atoms with E-state index in [1.54, 1.807) is 0 Å². The van der Waals surface area contributed by atoms with Gasteiger partial charge in [-0.3, -0.25) is 28.5 Å². The number of hydrogen-bond acceptors (Lipinski definition) is 9. The van der Waals surface area contributed by atoms with Gasteiger partial charge in [-0.05, 0) is 6.07 Å². The van der Waals surface area contributed by atoms with Crippen LogP contribution in [0, 0.1) is 5.82 Å². The van der Waals surface area contributed by atoms with Crippen LogP contribution in [0.4, 0.5) is 10.1 Å². The number of halogens is 1. The summed E-state index contributed by atoms with van der Waals surface area (Å²) in [6, 6.07) is 1.12. The highest BCUT2D eigenvalue weighted by atomic mass is 19.1. The molecule has 1 aliphatic rings. The van der Waals surface area contributed by atoms with Gasteiger partial charge in [0.1, 0.15) is 12.7 Å². The minimum Gasteiger partial charge on any atom is -0.463 e. The van der Waals surface area contributed by atoms with Crippen LogP contribution in [0.25, 0.3) is 0 Å². The Bertz CT molecular complexity index is 913. The van der Waals surface area contributed by atoms with Crippen molar-refractivity contribution in [1.82, 2.24) is 4.57 Å². The summed E-state index contributed by atoms with van der Waals surface area (Å²) in [6.45, 7) is 4.12. The van der Waals surface area contributed by atoms with E-state index < -0.39 is 59.7 Å². The minimum absolute atomic E-state index is 0.348. The molecular formula is C18H21FN2O9. The predicted octanol–water partition coefficient (Wildman–Crippen LogP) is 0.270. The first-order chi connectivity index (χ1) is 14.0. The summed E-state index contributed by atoms with van der Waals surface area (Å²) in [5.41, 5.74) is -1.53. The molecule has 11 nitrogen and oxygen atoms in total. The number of anilines is 1. The number of hydrogen-bond donors (Lipinski definition) is 1. The van der Waals surface area contributed by atoms with Gasteiger partial charge >= 0.3 is 17.9 Å². The summed E-state index contributed by atoms with van der Waals surface area (Å²) in [4.78, 5) is 57.9. The number of nitrogens with one attached hydrogen (secondary N) is 1. The monoisotopic (exact) mass is 428 g/mol. The van der Waals surface area contributed by atoms with Gasteiger partial charge in [-0.1, -0.05) is 0 Å². The molecule has 1 fully saturated rings. The Balaban J connectivity index is 2.47. The number of esters is 3. The van der Waals surface area contributed by atoms with Crippen LogP contribution in [-0.4, -0.2) is 53.3 Å². The van der Waals surface area contributed by atoms with Crippen LogP contribution >= 0.6 is 0 Å². The Morgan fingerprint density at radius 3 is 2.20 bits per heavy atom. The van der Waals surface area contributed by atoms with Gasteiger partial charge in [0.15, 0.2) is 18.4 Å². The minimum atomic E-state index is -1.40. The van der Waals surface area contributed by atoms with E-state index in [1.165, 1.54) is 0 Å². The van der Waals surface area contributed by atoms with E-state index in [0.717, 1.165) is 44.5 Å². The second-order valence-electron chi connectivity index (χ2n) is 6.45. The topological polar surface area (TPSA) is 139 Å². The van der Waals surface area contributed by atoms with Crippen molar-refractivity contribution >= 4 is 29.5 Å². The summed E-state index contributed by atoms with van der Waals surface area (Å²) >= 11 is 0. The van der Waals surface area contributed by atoms with E-state index in [-0.39, 0.29) is 12.3 Å². The van der Waals surface area contributed by atoms with Crippen LogP contribution in [0.15, 0.2) is 17.1 Å². The molecule has 0 aromatic carbocycles. The second-order valence-corrected chi connectivity index (χ2v) is 6.45. The SMILES string of the molecule is CC(=O)Nc1ccn([C@@H]2O[C@H](COC(C)=O)[C@@H](OC(C)=O)[C@H]2OC(C)=O)c(=O)c1F. The molecule has 1 amide bonds. The Morgan fingerprint density at radius 2 is 1.67 bits per heavy atom. The predicted molar refractivity (Wildman–Crippen MR) is 96.6 cm³/mol. The van der Waals surface area contributed by atoms with Crippen LogP contribution in [-0.2, 0) is 38.1 Å². The van der Waals surface area contributed by atoms with E-state index in [9.17, 15) is 28.4 Å². The second kappa shape index (κ2) is 9.48. The lowest BCUT2D eigenvalue weighted by Gasteiger charge is -2.24. The number of amides is 1. The van der Waals surface area contributed by atoms with Crippen LogP contribution < -0.4 is 10.9 Å². The molecule has 4 atom stereocenters. The molecule has 0 bridgehead atoms. The first kappa shape index (κ1) is 23.0. The van der Waals surface area contributed by atoms with Crippen molar-refractivity contribution in [2.75, 3.05) is 11.9 Å². The van der Waals surface area contributed by atoms with Crippen LogP contribution in [0.3, 0.4) is 0 Å². The molecule has 2 rings (SSSR count). The number of ether oxygens (including phenoxy) is 4. The Kier molecular flexibility index (Phi) is 7.27. The normalized spacial score (nSPS) is 22.8. The average Bonchev–Trinajstić information content (AvgIpc) is 2.93. The fourth-order valence-electron chi connectivity index (χ4n) is 2.93. The molecule has 164 valence electrons. The lowest BCUT2D eigenvalue weighted by atomic mass is 10.1. The Labute approximate surface area is 170 Å². The van der Waals surface area contributed by atoms with Crippen molar-refractivity contribution in [2.24, 2.45) is 0 Å². The zero-order chi connectivity index (χ0) is 22.6. The van der Waals surface area contributed by atoms with Crippen LogP contribution in [0.5, 0.6) is 0 Å². The lowest BCUT2D eigenvalue weighted by Crippen LogP contribution is -2.41. The molecule has 2 heterocycles. The Morgan fingerprint density at radius 1 is 1.07 bits per heavy atom. The molecule has 0 saturated carbocycles. The maximum atomic E-state index is 14.5. The molecular weight excluding hydrogens is 407 g/mol. The van der Waals surface area contributed by atoms with Gasteiger partial charge in [-0.2, -0.15) is 4.39 Å². The maximum absolute atomic E-state index is 14.5. The summed E-state index contributed by atoms with van der Waals surface area (Å²) in [5, 5.41) is 2.17. The molecule has 0 radical (unpaired) electrons. The summed E-state index contributed by atoms with van der Waals surface area (Å²) in [5.74, 6) is -4.02. The molecule has 0 aliphatic carbocycles. The molecule has 0 spiro atoms. The quantitative estimate of drug-likeness (QED) is 0.499. The highest BCUT2D eigenvalue weighted by Crippen LogP contribution is 2.34. The van der Waals surface area contributed by atoms with Gasteiger partial charge in [0.05, 0.1) is 5.69 Å². The number of pyridine rings is 1. The fraction of sp³-hybridized carbons (Fsp3) is 0.500. The van der Waals surface area contributed by atoms with Gasteiger partial charge in [0.2, 0.25) is 11.7 Å². The zero-order valence-corrected chi connectivity index (χ0v) is 16.7. The standard InChI is InChI=1S/C18H21FN2O9/c1-8(22)20-12-5-6-21(17(26)14(12)19)18-16(29-11(4)25)15(28-10(3)24)13(30-18)7-27-9(2)23/h5-6,13,15-16,18H,7H2,1-4H3,(H,20,22)/t13-,15-,16-,18-/m1/s1. The Hall–Kier alpha value is -3.28. The van der Waals surface area contributed by atoms with Crippen molar-refractivity contribution in [3.8, 4) is 0 Å². The number of carbonyl (C=O) groups is 4. The smallest absolute Gasteiger partial charge is 0.303 e. The van der Waals surface area contributed by atoms with E-state index in [4.69, 9.17) is 18.9 Å². The van der Waals surface area contributed by atoms with Crippen molar-refractivity contribution in [3.05, 3.63) is 28.4 Å². The molecule has 1 aliphatic heterocycles. The molecule has 1 aromatic rings. The first-order valence-electron chi connectivity index (χ1n) is 8.82. The highest BCUT2D eigenvalue weighted by molar-refractivity contribution is 5.88. The lowest BCUT2D eigenvalue weighted by molar-refractivity contribution is -0.166. The van der Waals surface area contributed by atoms with Crippen molar-refractivity contribution in [1.29, 1.82) is 0 Å². The van der Waals surface area contributed by atoms with E-state index in [1.807, 2.05) is 0 Å². The molecule has 1 saturated heterocycles. The van der Waals surface area contributed by atoms with Gasteiger partial charge in [0.25, 0.3) is 5.56 Å². The molecule has 1 aromatic heterocycles. The summed E-state index contributed by atoms with van der Waals surface area (Å²) < 4.78 is 36.1. The largest absolute Gasteiger partial charge is 0.463 e. The molecule has 0 unspecified atom stereocenters. The molecule has 30 heavy (non-hydrogen) atoms. The fourth-order valence-corrected chi connectivity index (χ4v) is 2.93. The number of rotatable bonds is 6. The third-order valence-electron chi connectivity index (χ3n) is 3.99. The molecule has 1 N–H and O–H groups in total. The van der Waals surface area contributed by atoms with Gasteiger partial charge < -0.3 is 24.3 Å². The number of aromatic nitrogens is 1. The summed E-state index contributed by atoms with van der Waals surface area (Å²) in [6.07, 6.45) is -3.95. The van der Waals surface area contributed by atoms with Gasteiger partial charge in [0, 0.05) is 33.9 Å². The third-order valence-corrected chi connectivity index (χ3v) is 3.99. The van der Waals surface area contributed by atoms with Crippen molar-refractivity contribution < 1.29 is 42.5 Å². The third kappa shape index (κ3) is 5.41. The van der Waals surface area contributed by atoms with E-state index in [2.05, 4.69) is 5.32 Å². The van der Waals surface area contributed by atoms with Gasteiger partial charge in [-0.15, -0.1) is 0 Å². The maximum Gasteiger partial charge on any atom is 0.303 e. The number of carbonyl (C=O) groups excluding carboxylic acids is 4. The van der Waals surface area contributed by atoms with Crippen molar-refractivity contribution in [2.45, 2.75) is 52.2 Å². The van der Waals surface area contributed by atoms with Crippen LogP contribution in [0.1, 0.15) is 33.9 Å². The van der Waals surface area contributed by atoms with E-state index in [0.29, 0.717) is 0 Å². The average molecular weight is 428 g/mol. The molecule has 12 heteroatoms. The highest BCUT2D eigenvalue weighted by Gasteiger charge is 2.51.